The van der Waals surface area contributed by atoms with Gasteiger partial charge in [-0.15, -0.1) is 0 Å². The summed E-state index contributed by atoms with van der Waals surface area (Å²) in [5, 5.41) is 3.32. The summed E-state index contributed by atoms with van der Waals surface area (Å²) >= 11 is 0. The summed E-state index contributed by atoms with van der Waals surface area (Å²) in [4.78, 5) is 16.8. The molecule has 1 heterocycles. The largest absolute Gasteiger partial charge is 0.368 e. The maximum atomic E-state index is 12.6. The summed E-state index contributed by atoms with van der Waals surface area (Å²) in [6, 6.07) is 0.439. The van der Waals surface area contributed by atoms with Crippen LogP contribution in [0.2, 0.25) is 0 Å². The van der Waals surface area contributed by atoms with Crippen LogP contribution in [0.3, 0.4) is 0 Å². The molecule has 21 heavy (non-hydrogen) atoms. The van der Waals surface area contributed by atoms with Gasteiger partial charge in [0.05, 0.1) is 6.10 Å². The number of amides is 1. The first-order valence-electron chi connectivity index (χ1n) is 8.43. The predicted molar refractivity (Wildman–Crippen MR) is 84.4 cm³/mol. The van der Waals surface area contributed by atoms with Gasteiger partial charge in [-0.2, -0.15) is 0 Å². The van der Waals surface area contributed by atoms with Crippen LogP contribution in [0, 0.1) is 0 Å². The van der Waals surface area contributed by atoms with Crippen molar-refractivity contribution in [1.82, 2.24) is 15.1 Å². The first kappa shape index (κ1) is 16.7. The Bertz CT molecular complexity index is 311. The molecule has 1 N–H and O–H groups in total. The van der Waals surface area contributed by atoms with Crippen molar-refractivity contribution in [2.24, 2.45) is 0 Å². The molecule has 0 unspecified atom stereocenters. The van der Waals surface area contributed by atoms with Crippen LogP contribution in [0.25, 0.3) is 0 Å². The molecule has 0 atom stereocenters. The van der Waals surface area contributed by atoms with Crippen LogP contribution in [0.4, 0.5) is 0 Å². The van der Waals surface area contributed by atoms with Crippen LogP contribution < -0.4 is 5.32 Å². The summed E-state index contributed by atoms with van der Waals surface area (Å²) in [5.41, 5.74) is 0. The van der Waals surface area contributed by atoms with Crippen LogP contribution in [0.1, 0.15) is 38.5 Å². The number of hydrogen-bond acceptors (Lipinski definition) is 4. The van der Waals surface area contributed by atoms with Crippen molar-refractivity contribution in [2.75, 3.05) is 46.9 Å². The van der Waals surface area contributed by atoms with Crippen molar-refractivity contribution in [1.29, 1.82) is 0 Å². The van der Waals surface area contributed by atoms with E-state index in [1.165, 1.54) is 12.8 Å². The Morgan fingerprint density at radius 2 is 1.76 bits per heavy atom. The van der Waals surface area contributed by atoms with E-state index in [-0.39, 0.29) is 18.6 Å². The smallest absolute Gasteiger partial charge is 0.248 e. The van der Waals surface area contributed by atoms with Crippen LogP contribution >= 0.6 is 0 Å². The summed E-state index contributed by atoms with van der Waals surface area (Å²) in [6.45, 7) is 4.02. The fourth-order valence-electron chi connectivity index (χ4n) is 3.27. The Hall–Kier alpha value is -0.650. The fraction of sp³-hybridized carbons (Fsp3) is 0.938. The van der Waals surface area contributed by atoms with Gasteiger partial charge in [0.1, 0.15) is 6.61 Å². The first-order chi connectivity index (χ1) is 10.2. The highest BCUT2D eigenvalue weighted by Crippen LogP contribution is 2.23. The molecule has 0 spiro atoms. The maximum Gasteiger partial charge on any atom is 0.248 e. The Kier molecular flexibility index (Phi) is 6.93. The zero-order valence-corrected chi connectivity index (χ0v) is 13.6. The number of nitrogens with zero attached hydrogens (tertiary/aromatic N) is 2. The van der Waals surface area contributed by atoms with E-state index >= 15 is 0 Å². The zero-order valence-electron chi connectivity index (χ0n) is 13.6. The van der Waals surface area contributed by atoms with E-state index in [1.54, 1.807) is 0 Å². The highest BCUT2D eigenvalue weighted by molar-refractivity contribution is 5.77. The quantitative estimate of drug-likeness (QED) is 0.764. The van der Waals surface area contributed by atoms with Crippen LogP contribution in [0.15, 0.2) is 0 Å². The molecular weight excluding hydrogens is 266 g/mol. The molecule has 1 aliphatic carbocycles. The molecule has 5 nitrogen and oxygen atoms in total. The predicted octanol–water partition coefficient (Wildman–Crippen LogP) is 1.09. The summed E-state index contributed by atoms with van der Waals surface area (Å²) < 4.78 is 5.85. The standard InChI is InChI=1S/C16H31N3O2/c1-18(2)11-12-19(14-5-3-4-6-14)16(20)13-21-15-7-9-17-10-8-15/h14-15,17H,3-13H2,1-2H3. The van der Waals surface area contributed by atoms with E-state index in [9.17, 15) is 4.79 Å². The monoisotopic (exact) mass is 297 g/mol. The molecule has 0 radical (unpaired) electrons. The molecule has 2 aliphatic rings. The number of carbonyl (C=O) groups excluding carboxylic acids is 1. The third kappa shape index (κ3) is 5.57. The van der Waals surface area contributed by atoms with Gasteiger partial charge < -0.3 is 19.9 Å². The summed E-state index contributed by atoms with van der Waals surface area (Å²) in [6.07, 6.45) is 7.13. The van der Waals surface area contributed by atoms with Crippen LogP contribution in [0.5, 0.6) is 0 Å². The molecule has 1 aliphatic heterocycles. The van der Waals surface area contributed by atoms with E-state index in [2.05, 4.69) is 29.2 Å². The molecule has 0 aromatic rings. The minimum absolute atomic E-state index is 0.183. The molecule has 0 aromatic carbocycles. The molecular formula is C16H31N3O2. The van der Waals surface area contributed by atoms with E-state index in [1.807, 2.05) is 0 Å². The van der Waals surface area contributed by atoms with E-state index in [0.29, 0.717) is 6.04 Å². The second-order valence-corrected chi connectivity index (χ2v) is 6.59. The third-order valence-corrected chi connectivity index (χ3v) is 4.60. The zero-order chi connectivity index (χ0) is 15.1. The van der Waals surface area contributed by atoms with Crippen molar-refractivity contribution < 1.29 is 9.53 Å². The van der Waals surface area contributed by atoms with Crippen molar-refractivity contribution in [3.05, 3.63) is 0 Å². The maximum absolute atomic E-state index is 12.6. The molecule has 1 saturated heterocycles. The van der Waals surface area contributed by atoms with Crippen molar-refractivity contribution in [3.8, 4) is 0 Å². The van der Waals surface area contributed by atoms with Crippen molar-refractivity contribution in [3.63, 3.8) is 0 Å². The minimum atomic E-state index is 0.183. The Morgan fingerprint density at radius 1 is 1.10 bits per heavy atom. The van der Waals surface area contributed by atoms with Crippen LogP contribution in [-0.4, -0.2) is 74.7 Å². The van der Waals surface area contributed by atoms with Crippen LogP contribution in [-0.2, 0) is 9.53 Å². The van der Waals surface area contributed by atoms with Gasteiger partial charge in [-0.3, -0.25) is 4.79 Å². The van der Waals surface area contributed by atoms with Crippen molar-refractivity contribution in [2.45, 2.75) is 50.7 Å². The molecule has 1 amide bonds. The molecule has 122 valence electrons. The molecule has 0 aromatic heterocycles. The lowest BCUT2D eigenvalue weighted by molar-refractivity contribution is -0.141. The lowest BCUT2D eigenvalue weighted by Gasteiger charge is -2.31. The van der Waals surface area contributed by atoms with Gasteiger partial charge in [-0.25, -0.2) is 0 Å². The second-order valence-electron chi connectivity index (χ2n) is 6.59. The van der Waals surface area contributed by atoms with Gasteiger partial charge in [0.25, 0.3) is 0 Å². The number of likely N-dealkylation sites (N-methyl/N-ethyl adjacent to an activating group) is 1. The number of carbonyl (C=O) groups is 1. The number of nitrogens with one attached hydrogen (secondary N) is 1. The minimum Gasteiger partial charge on any atom is -0.368 e. The molecule has 2 fully saturated rings. The van der Waals surface area contributed by atoms with Gasteiger partial charge in [0, 0.05) is 19.1 Å². The summed E-state index contributed by atoms with van der Waals surface area (Å²) in [5.74, 6) is 0.183. The topological polar surface area (TPSA) is 44.8 Å². The second kappa shape index (κ2) is 8.71. The van der Waals surface area contributed by atoms with Gasteiger partial charge in [-0.1, -0.05) is 12.8 Å². The number of rotatable bonds is 7. The third-order valence-electron chi connectivity index (χ3n) is 4.60. The van der Waals surface area contributed by atoms with Crippen molar-refractivity contribution >= 4 is 5.91 Å². The molecule has 2 rings (SSSR count). The number of piperidine rings is 1. The van der Waals surface area contributed by atoms with E-state index < -0.39 is 0 Å². The fourth-order valence-corrected chi connectivity index (χ4v) is 3.27. The van der Waals surface area contributed by atoms with Gasteiger partial charge >= 0.3 is 0 Å². The molecule has 1 saturated carbocycles. The van der Waals surface area contributed by atoms with E-state index in [4.69, 9.17) is 4.74 Å². The van der Waals surface area contributed by atoms with Gasteiger partial charge in [0.2, 0.25) is 5.91 Å². The molecule has 5 heteroatoms. The normalized spacial score (nSPS) is 21.1. The Labute approximate surface area is 129 Å². The number of hydrogen-bond donors (Lipinski definition) is 1. The highest BCUT2D eigenvalue weighted by Gasteiger charge is 2.27. The number of ether oxygens (including phenoxy) is 1. The van der Waals surface area contributed by atoms with Gasteiger partial charge in [-0.05, 0) is 52.9 Å². The van der Waals surface area contributed by atoms with Gasteiger partial charge in [0.15, 0.2) is 0 Å². The SMILES string of the molecule is CN(C)CCN(C(=O)COC1CCNCC1)C1CCCC1. The molecule has 0 bridgehead atoms. The average Bonchev–Trinajstić information content (AvgIpc) is 3.00. The Morgan fingerprint density at radius 3 is 2.38 bits per heavy atom. The average molecular weight is 297 g/mol. The summed E-state index contributed by atoms with van der Waals surface area (Å²) in [7, 11) is 4.12. The highest BCUT2D eigenvalue weighted by atomic mass is 16.5. The lowest BCUT2D eigenvalue weighted by Crippen LogP contribution is -2.45. The Balaban J connectivity index is 1.80. The van der Waals surface area contributed by atoms with E-state index in [0.717, 1.165) is 51.9 Å². The first-order valence-corrected chi connectivity index (χ1v) is 8.43. The lowest BCUT2D eigenvalue weighted by atomic mass is 10.1.